The van der Waals surface area contributed by atoms with Gasteiger partial charge in [0.15, 0.2) is 5.78 Å². The predicted octanol–water partition coefficient (Wildman–Crippen LogP) is 3.08. The number of hydrogen-bond acceptors (Lipinski definition) is 2. The minimum Gasteiger partial charge on any atom is -0.367 e. The Kier molecular flexibility index (Phi) is 5.51. The van der Waals surface area contributed by atoms with Crippen LogP contribution in [-0.2, 0) is 9.53 Å². The number of rotatable bonds is 6. The Labute approximate surface area is 96.9 Å². The Morgan fingerprint density at radius 3 is 2.69 bits per heavy atom. The Bertz CT molecular complexity index is 341. The maximum absolute atomic E-state index is 11.2. The molecule has 2 nitrogen and oxygen atoms in total. The van der Waals surface area contributed by atoms with Gasteiger partial charge in [0.25, 0.3) is 0 Å². The van der Waals surface area contributed by atoms with Gasteiger partial charge in [-0.2, -0.15) is 0 Å². The molecule has 0 bridgehead atoms. The maximum Gasteiger partial charge on any atom is 0.161 e. The number of Topliss-reactive ketones (excluding diaryl/α,β-unsaturated/α-hetero) is 1. The Hall–Kier alpha value is -1.41. The average Bonchev–Trinajstić information content (AvgIpc) is 2.34. The summed E-state index contributed by atoms with van der Waals surface area (Å²) in [6, 6.07) is 10.0. The van der Waals surface area contributed by atoms with Gasteiger partial charge in [0, 0.05) is 6.42 Å². The maximum atomic E-state index is 11.2. The molecule has 1 atom stereocenters. The SMILES string of the molecule is CCC(=O)C(C)OCC=Cc1ccccc1. The summed E-state index contributed by atoms with van der Waals surface area (Å²) in [7, 11) is 0. The van der Waals surface area contributed by atoms with Gasteiger partial charge in [-0.3, -0.25) is 4.79 Å². The van der Waals surface area contributed by atoms with E-state index in [1.165, 1.54) is 0 Å². The molecule has 1 aromatic carbocycles. The molecule has 0 radical (unpaired) electrons. The highest BCUT2D eigenvalue weighted by Gasteiger charge is 2.08. The minimum absolute atomic E-state index is 0.146. The smallest absolute Gasteiger partial charge is 0.161 e. The highest BCUT2D eigenvalue weighted by Crippen LogP contribution is 2.02. The third kappa shape index (κ3) is 4.41. The third-order valence-corrected chi connectivity index (χ3v) is 2.35. The van der Waals surface area contributed by atoms with Gasteiger partial charge in [-0.1, -0.05) is 49.4 Å². The molecule has 1 aromatic rings. The zero-order valence-electron chi connectivity index (χ0n) is 9.85. The van der Waals surface area contributed by atoms with Gasteiger partial charge >= 0.3 is 0 Å². The van der Waals surface area contributed by atoms with Crippen LogP contribution in [-0.4, -0.2) is 18.5 Å². The zero-order chi connectivity index (χ0) is 11.8. The van der Waals surface area contributed by atoms with Crippen LogP contribution in [0.3, 0.4) is 0 Å². The van der Waals surface area contributed by atoms with E-state index in [-0.39, 0.29) is 11.9 Å². The van der Waals surface area contributed by atoms with Crippen molar-refractivity contribution in [3.05, 3.63) is 42.0 Å². The highest BCUT2D eigenvalue weighted by molar-refractivity contribution is 5.82. The van der Waals surface area contributed by atoms with Crippen LogP contribution in [0.5, 0.6) is 0 Å². The summed E-state index contributed by atoms with van der Waals surface area (Å²) in [5.74, 6) is 0.146. The lowest BCUT2D eigenvalue weighted by atomic mass is 10.2. The minimum atomic E-state index is -0.301. The predicted molar refractivity (Wildman–Crippen MR) is 66.2 cm³/mol. The van der Waals surface area contributed by atoms with E-state index in [1.807, 2.05) is 49.4 Å². The summed E-state index contributed by atoms with van der Waals surface area (Å²) in [6.45, 7) is 4.12. The van der Waals surface area contributed by atoms with Crippen LogP contribution in [0.4, 0.5) is 0 Å². The molecule has 0 aromatic heterocycles. The standard InChI is InChI=1S/C14H18O2/c1-3-14(15)12(2)16-11-7-10-13-8-5-4-6-9-13/h4-10,12H,3,11H2,1-2H3. The molecule has 0 amide bonds. The van der Waals surface area contributed by atoms with Crippen LogP contribution in [0.2, 0.25) is 0 Å². The topological polar surface area (TPSA) is 26.3 Å². The second-order valence-corrected chi connectivity index (χ2v) is 3.61. The molecule has 2 heteroatoms. The normalized spacial score (nSPS) is 12.9. The number of ketones is 1. The highest BCUT2D eigenvalue weighted by atomic mass is 16.5. The van der Waals surface area contributed by atoms with E-state index in [9.17, 15) is 4.79 Å². The molecule has 0 saturated carbocycles. The van der Waals surface area contributed by atoms with Crippen LogP contribution in [0.15, 0.2) is 36.4 Å². The van der Waals surface area contributed by atoms with Crippen molar-refractivity contribution in [1.29, 1.82) is 0 Å². The first-order valence-corrected chi connectivity index (χ1v) is 5.60. The molecule has 86 valence electrons. The van der Waals surface area contributed by atoms with Crippen molar-refractivity contribution in [2.75, 3.05) is 6.61 Å². The Balaban J connectivity index is 2.31. The van der Waals surface area contributed by atoms with Gasteiger partial charge in [0.05, 0.1) is 6.61 Å². The van der Waals surface area contributed by atoms with Crippen molar-refractivity contribution in [3.8, 4) is 0 Å². The first-order chi connectivity index (χ1) is 7.74. The van der Waals surface area contributed by atoms with E-state index in [4.69, 9.17) is 4.74 Å². The quantitative estimate of drug-likeness (QED) is 0.733. The fraction of sp³-hybridized carbons (Fsp3) is 0.357. The summed E-state index contributed by atoms with van der Waals surface area (Å²) in [4.78, 5) is 11.2. The van der Waals surface area contributed by atoms with Gasteiger partial charge in [-0.05, 0) is 12.5 Å². The molecule has 0 aliphatic heterocycles. The summed E-state index contributed by atoms with van der Waals surface area (Å²) in [5, 5.41) is 0. The van der Waals surface area contributed by atoms with Crippen molar-refractivity contribution in [1.82, 2.24) is 0 Å². The number of benzene rings is 1. The largest absolute Gasteiger partial charge is 0.367 e. The van der Waals surface area contributed by atoms with Gasteiger partial charge in [-0.25, -0.2) is 0 Å². The number of carbonyl (C=O) groups is 1. The van der Waals surface area contributed by atoms with Crippen molar-refractivity contribution in [3.63, 3.8) is 0 Å². The van der Waals surface area contributed by atoms with Crippen LogP contribution in [0.25, 0.3) is 6.08 Å². The molecule has 0 N–H and O–H groups in total. The second-order valence-electron chi connectivity index (χ2n) is 3.61. The third-order valence-electron chi connectivity index (χ3n) is 2.35. The molecule has 0 fully saturated rings. The lowest BCUT2D eigenvalue weighted by molar-refractivity contribution is -0.128. The van der Waals surface area contributed by atoms with E-state index in [0.29, 0.717) is 13.0 Å². The average molecular weight is 218 g/mol. The van der Waals surface area contributed by atoms with Gasteiger partial charge in [-0.15, -0.1) is 0 Å². The van der Waals surface area contributed by atoms with Crippen LogP contribution in [0, 0.1) is 0 Å². The molecular weight excluding hydrogens is 200 g/mol. The van der Waals surface area contributed by atoms with Crippen LogP contribution >= 0.6 is 0 Å². The number of hydrogen-bond donors (Lipinski definition) is 0. The zero-order valence-corrected chi connectivity index (χ0v) is 9.85. The van der Waals surface area contributed by atoms with Crippen molar-refractivity contribution in [2.45, 2.75) is 26.4 Å². The van der Waals surface area contributed by atoms with Gasteiger partial charge in [0.2, 0.25) is 0 Å². The summed E-state index contributed by atoms with van der Waals surface area (Å²) < 4.78 is 5.38. The van der Waals surface area contributed by atoms with Crippen LogP contribution < -0.4 is 0 Å². The molecule has 0 spiro atoms. The first kappa shape index (κ1) is 12.7. The Morgan fingerprint density at radius 1 is 1.38 bits per heavy atom. The number of ether oxygens (including phenoxy) is 1. The molecular formula is C14H18O2. The first-order valence-electron chi connectivity index (χ1n) is 5.60. The van der Waals surface area contributed by atoms with E-state index in [0.717, 1.165) is 5.56 Å². The van der Waals surface area contributed by atoms with E-state index in [2.05, 4.69) is 0 Å². The lowest BCUT2D eigenvalue weighted by Crippen LogP contribution is -2.19. The Morgan fingerprint density at radius 2 is 2.06 bits per heavy atom. The van der Waals surface area contributed by atoms with Crippen molar-refractivity contribution >= 4 is 11.9 Å². The molecule has 1 unspecified atom stereocenters. The summed E-state index contributed by atoms with van der Waals surface area (Å²) in [6.07, 6.45) is 4.15. The fourth-order valence-corrected chi connectivity index (χ4v) is 1.33. The molecule has 16 heavy (non-hydrogen) atoms. The lowest BCUT2D eigenvalue weighted by Gasteiger charge is -2.08. The van der Waals surface area contributed by atoms with Gasteiger partial charge < -0.3 is 4.74 Å². The molecule has 1 rings (SSSR count). The van der Waals surface area contributed by atoms with Gasteiger partial charge in [0.1, 0.15) is 6.10 Å². The molecule has 0 saturated heterocycles. The van der Waals surface area contributed by atoms with Crippen molar-refractivity contribution < 1.29 is 9.53 Å². The van der Waals surface area contributed by atoms with E-state index >= 15 is 0 Å². The molecule has 0 aliphatic rings. The van der Waals surface area contributed by atoms with E-state index < -0.39 is 0 Å². The summed E-state index contributed by atoms with van der Waals surface area (Å²) >= 11 is 0. The summed E-state index contributed by atoms with van der Waals surface area (Å²) in [5.41, 5.74) is 1.14. The fourth-order valence-electron chi connectivity index (χ4n) is 1.33. The van der Waals surface area contributed by atoms with E-state index in [1.54, 1.807) is 6.92 Å². The molecule has 0 heterocycles. The van der Waals surface area contributed by atoms with Crippen LogP contribution in [0.1, 0.15) is 25.8 Å². The van der Waals surface area contributed by atoms with Crippen molar-refractivity contribution in [2.24, 2.45) is 0 Å². The second kappa shape index (κ2) is 6.96. The number of carbonyl (C=O) groups excluding carboxylic acids is 1. The monoisotopic (exact) mass is 218 g/mol. The molecule has 0 aliphatic carbocycles.